The number of nitrogens with zero attached hydrogens (tertiary/aromatic N) is 2. The number of carbonyl (C=O) groups excluding carboxylic acids is 2. The molecule has 1 aliphatic heterocycles. The van der Waals surface area contributed by atoms with E-state index in [1.54, 1.807) is 6.07 Å². The van der Waals surface area contributed by atoms with Gasteiger partial charge in [-0.2, -0.15) is 0 Å². The van der Waals surface area contributed by atoms with E-state index in [4.69, 9.17) is 9.26 Å². The Morgan fingerprint density at radius 3 is 2.56 bits per heavy atom. The second-order valence-electron chi connectivity index (χ2n) is 7.72. The molecule has 0 radical (unpaired) electrons. The van der Waals surface area contributed by atoms with E-state index >= 15 is 0 Å². The number of halogens is 1. The summed E-state index contributed by atoms with van der Waals surface area (Å²) in [5, 5.41) is 3.79. The Balaban J connectivity index is 1.74. The van der Waals surface area contributed by atoms with Crippen LogP contribution in [0.5, 0.6) is 5.88 Å². The van der Waals surface area contributed by atoms with E-state index in [0.29, 0.717) is 24.3 Å². The first-order chi connectivity index (χ1) is 12.8. The van der Waals surface area contributed by atoms with Gasteiger partial charge in [0, 0.05) is 23.6 Å². The maximum absolute atomic E-state index is 13.1. The first kappa shape index (κ1) is 19.1. The van der Waals surface area contributed by atoms with Crippen LogP contribution in [0.15, 0.2) is 34.9 Å². The largest absolute Gasteiger partial charge is 0.403 e. The Hall–Kier alpha value is -2.70. The van der Waals surface area contributed by atoms with Crippen LogP contribution in [0.4, 0.5) is 4.39 Å². The monoisotopic (exact) mass is 374 g/mol. The third-order valence-electron chi connectivity index (χ3n) is 4.56. The lowest BCUT2D eigenvalue weighted by atomic mass is 9.94. The minimum absolute atomic E-state index is 0.0877. The fourth-order valence-electron chi connectivity index (χ4n) is 3.01. The molecule has 1 unspecified atom stereocenters. The fourth-order valence-corrected chi connectivity index (χ4v) is 3.01. The molecule has 0 spiro atoms. The predicted octanol–water partition coefficient (Wildman–Crippen LogP) is 3.71. The lowest BCUT2D eigenvalue weighted by Gasteiger charge is -2.33. The Morgan fingerprint density at radius 1 is 1.22 bits per heavy atom. The molecular weight excluding hydrogens is 351 g/mol. The number of esters is 1. The van der Waals surface area contributed by atoms with Crippen LogP contribution in [0.1, 0.15) is 56.2 Å². The van der Waals surface area contributed by atoms with Crippen molar-refractivity contribution in [3.05, 3.63) is 47.5 Å². The van der Waals surface area contributed by atoms with Crippen molar-refractivity contribution < 1.29 is 23.2 Å². The van der Waals surface area contributed by atoms with Crippen molar-refractivity contribution in [2.75, 3.05) is 6.54 Å². The Labute approximate surface area is 157 Å². The molecule has 1 saturated heterocycles. The number of ether oxygens (including phenoxy) is 1. The number of hydrogen-bond donors (Lipinski definition) is 0. The van der Waals surface area contributed by atoms with Gasteiger partial charge >= 0.3 is 5.97 Å². The van der Waals surface area contributed by atoms with Gasteiger partial charge in [-0.15, -0.1) is 0 Å². The normalized spacial score (nSPS) is 17.6. The molecule has 0 saturated carbocycles. The van der Waals surface area contributed by atoms with Crippen LogP contribution < -0.4 is 4.74 Å². The van der Waals surface area contributed by atoms with Gasteiger partial charge in [-0.25, -0.2) is 9.18 Å². The fraction of sp³-hybridized carbons (Fsp3) is 0.450. The van der Waals surface area contributed by atoms with Crippen molar-refractivity contribution in [2.45, 2.75) is 51.5 Å². The van der Waals surface area contributed by atoms with Gasteiger partial charge in [0.25, 0.3) is 11.8 Å². The predicted molar refractivity (Wildman–Crippen MR) is 95.9 cm³/mol. The molecule has 0 aliphatic carbocycles. The third-order valence-corrected chi connectivity index (χ3v) is 4.56. The van der Waals surface area contributed by atoms with Crippen molar-refractivity contribution in [3.63, 3.8) is 0 Å². The highest BCUT2D eigenvalue weighted by Gasteiger charge is 2.34. The van der Waals surface area contributed by atoms with Crippen molar-refractivity contribution >= 4 is 11.9 Å². The minimum Gasteiger partial charge on any atom is -0.403 e. The van der Waals surface area contributed by atoms with E-state index in [9.17, 15) is 14.0 Å². The molecule has 0 bridgehead atoms. The molecular formula is C20H23FN2O4. The van der Waals surface area contributed by atoms with E-state index < -0.39 is 17.8 Å². The van der Waals surface area contributed by atoms with Crippen LogP contribution in [0, 0.1) is 5.82 Å². The maximum Gasteiger partial charge on any atom is 0.335 e. The molecule has 1 aliphatic rings. The molecule has 0 N–H and O–H groups in total. The lowest BCUT2D eigenvalue weighted by molar-refractivity contribution is -0.141. The van der Waals surface area contributed by atoms with E-state index in [2.05, 4.69) is 5.16 Å². The summed E-state index contributed by atoms with van der Waals surface area (Å²) in [5.74, 6) is -0.578. The van der Waals surface area contributed by atoms with Crippen molar-refractivity contribution in [3.8, 4) is 5.88 Å². The van der Waals surface area contributed by atoms with Gasteiger partial charge in [-0.05, 0) is 48.7 Å². The molecule has 1 fully saturated rings. The van der Waals surface area contributed by atoms with Crippen LogP contribution in [-0.4, -0.2) is 34.5 Å². The van der Waals surface area contributed by atoms with Crippen molar-refractivity contribution in [1.82, 2.24) is 10.1 Å². The van der Waals surface area contributed by atoms with Gasteiger partial charge < -0.3 is 14.2 Å². The van der Waals surface area contributed by atoms with Gasteiger partial charge in [0.1, 0.15) is 17.6 Å². The Morgan fingerprint density at radius 2 is 1.93 bits per heavy atom. The Bertz CT molecular complexity index is 823. The number of likely N-dealkylation sites (tertiary alicyclic amines) is 1. The molecule has 3 rings (SSSR count). The number of carbonyl (C=O) groups is 2. The van der Waals surface area contributed by atoms with Crippen molar-refractivity contribution in [1.29, 1.82) is 0 Å². The summed E-state index contributed by atoms with van der Waals surface area (Å²) in [6, 6.07) is 6.18. The van der Waals surface area contributed by atoms with E-state index in [1.807, 2.05) is 20.8 Å². The van der Waals surface area contributed by atoms with Crippen LogP contribution >= 0.6 is 0 Å². The lowest BCUT2D eigenvalue weighted by Crippen LogP contribution is -2.49. The zero-order valence-corrected chi connectivity index (χ0v) is 15.7. The van der Waals surface area contributed by atoms with Gasteiger partial charge in [0.15, 0.2) is 0 Å². The Kier molecular flexibility index (Phi) is 5.30. The summed E-state index contributed by atoms with van der Waals surface area (Å²) in [5.41, 5.74) is 0.0835. The summed E-state index contributed by atoms with van der Waals surface area (Å²) in [6.45, 7) is 6.33. The minimum atomic E-state index is -0.703. The molecule has 7 heteroatoms. The van der Waals surface area contributed by atoms with Crippen LogP contribution in [0.3, 0.4) is 0 Å². The average molecular weight is 374 g/mol. The van der Waals surface area contributed by atoms with E-state index in [1.165, 1.54) is 29.2 Å². The molecule has 1 atom stereocenters. The number of piperidine rings is 1. The molecule has 1 amide bonds. The highest BCUT2D eigenvalue weighted by atomic mass is 19.1. The third kappa shape index (κ3) is 4.35. The number of benzene rings is 1. The number of hydrogen-bond acceptors (Lipinski definition) is 5. The SMILES string of the molecule is CC(C)(C)c1cc(OC(=O)C2CCCCN2C(=O)c2ccc(F)cc2)no1. The van der Waals surface area contributed by atoms with Gasteiger partial charge in [-0.1, -0.05) is 20.8 Å². The van der Waals surface area contributed by atoms with Crippen molar-refractivity contribution in [2.24, 2.45) is 0 Å². The summed E-state index contributed by atoms with van der Waals surface area (Å²) in [4.78, 5) is 26.9. The highest BCUT2D eigenvalue weighted by molar-refractivity contribution is 5.97. The summed E-state index contributed by atoms with van der Waals surface area (Å²) in [7, 11) is 0. The smallest absolute Gasteiger partial charge is 0.335 e. The quantitative estimate of drug-likeness (QED) is 0.766. The molecule has 27 heavy (non-hydrogen) atoms. The van der Waals surface area contributed by atoms with Gasteiger partial charge in [0.05, 0.1) is 0 Å². The first-order valence-electron chi connectivity index (χ1n) is 9.01. The van der Waals surface area contributed by atoms with Gasteiger partial charge in [-0.3, -0.25) is 4.79 Å². The van der Waals surface area contributed by atoms with Crippen LogP contribution in [0.2, 0.25) is 0 Å². The first-order valence-corrected chi connectivity index (χ1v) is 9.01. The summed E-state index contributed by atoms with van der Waals surface area (Å²) >= 11 is 0. The summed E-state index contributed by atoms with van der Waals surface area (Å²) in [6.07, 6.45) is 2.13. The topological polar surface area (TPSA) is 72.6 Å². The number of aromatic nitrogens is 1. The van der Waals surface area contributed by atoms with E-state index in [0.717, 1.165) is 12.8 Å². The van der Waals surface area contributed by atoms with E-state index in [-0.39, 0.29) is 17.2 Å². The molecule has 144 valence electrons. The maximum atomic E-state index is 13.1. The molecule has 2 aromatic rings. The van der Waals surface area contributed by atoms with Crippen LogP contribution in [-0.2, 0) is 10.2 Å². The molecule has 1 aromatic heterocycles. The zero-order valence-electron chi connectivity index (χ0n) is 15.7. The highest BCUT2D eigenvalue weighted by Crippen LogP contribution is 2.27. The second-order valence-corrected chi connectivity index (χ2v) is 7.72. The zero-order chi connectivity index (χ0) is 19.6. The number of rotatable bonds is 3. The van der Waals surface area contributed by atoms with Crippen LogP contribution in [0.25, 0.3) is 0 Å². The second kappa shape index (κ2) is 7.50. The molecule has 1 aromatic carbocycles. The number of amides is 1. The molecule has 2 heterocycles. The standard InChI is InChI=1S/C20H23FN2O4/c1-20(2,3)16-12-17(22-27-16)26-19(25)15-6-4-5-11-23(15)18(24)13-7-9-14(21)10-8-13/h7-10,12,15H,4-6,11H2,1-3H3. The van der Waals surface area contributed by atoms with Gasteiger partial charge in [0.2, 0.25) is 0 Å². The summed E-state index contributed by atoms with van der Waals surface area (Å²) < 4.78 is 23.7. The average Bonchev–Trinajstić information content (AvgIpc) is 3.10. The molecule has 6 nitrogen and oxygen atoms in total.